The van der Waals surface area contributed by atoms with Crippen molar-refractivity contribution in [3.05, 3.63) is 47.5 Å². The average molecular weight is 635 g/mol. The van der Waals surface area contributed by atoms with Crippen molar-refractivity contribution in [2.45, 2.75) is 75.7 Å². The number of ether oxygens (including phenoxy) is 2. The molecule has 0 bridgehead atoms. The molecule has 11 heteroatoms. The molecule has 8 nitrogen and oxygen atoms in total. The maximum atomic E-state index is 17.0. The lowest BCUT2D eigenvalue weighted by atomic mass is 9.94. The summed E-state index contributed by atoms with van der Waals surface area (Å²) in [4.78, 5) is 13.7. The van der Waals surface area contributed by atoms with Crippen LogP contribution in [0.25, 0.3) is 32.9 Å². The first-order valence-corrected chi connectivity index (χ1v) is 16.3. The molecule has 2 aromatic carbocycles. The number of anilines is 1. The van der Waals surface area contributed by atoms with Crippen LogP contribution in [0.2, 0.25) is 0 Å². The van der Waals surface area contributed by atoms with E-state index in [9.17, 15) is 14.6 Å². The summed E-state index contributed by atoms with van der Waals surface area (Å²) in [6.45, 7) is 4.04. The molecule has 46 heavy (non-hydrogen) atoms. The first-order chi connectivity index (χ1) is 22.2. The summed E-state index contributed by atoms with van der Waals surface area (Å²) in [5, 5.41) is 22.6. The number of fused-ring (bicyclic) bond motifs is 4. The van der Waals surface area contributed by atoms with E-state index in [1.807, 2.05) is 6.92 Å². The van der Waals surface area contributed by atoms with Crippen LogP contribution in [0.5, 0.6) is 17.5 Å². The highest BCUT2D eigenvalue weighted by molar-refractivity contribution is 6.04. The van der Waals surface area contributed by atoms with Crippen LogP contribution < -0.4 is 14.4 Å². The van der Waals surface area contributed by atoms with Gasteiger partial charge in [-0.15, -0.1) is 0 Å². The number of halogens is 3. The predicted molar refractivity (Wildman–Crippen MR) is 168 cm³/mol. The van der Waals surface area contributed by atoms with E-state index < -0.39 is 29.4 Å². The minimum Gasteiger partial charge on any atom is -0.508 e. The molecule has 6 heterocycles. The van der Waals surface area contributed by atoms with Crippen LogP contribution in [0.4, 0.5) is 18.9 Å². The third kappa shape index (κ3) is 4.73. The van der Waals surface area contributed by atoms with Gasteiger partial charge in [0.25, 0.3) is 0 Å². The molecular formula is C35H37F3N4O4. The van der Waals surface area contributed by atoms with Crippen molar-refractivity contribution < 1.29 is 32.9 Å². The maximum absolute atomic E-state index is 17.0. The van der Waals surface area contributed by atoms with Crippen molar-refractivity contribution in [2.75, 3.05) is 37.7 Å². The van der Waals surface area contributed by atoms with Gasteiger partial charge < -0.3 is 24.6 Å². The van der Waals surface area contributed by atoms with Crippen molar-refractivity contribution in [3.8, 4) is 28.8 Å². The normalized spacial score (nSPS) is 26.1. The lowest BCUT2D eigenvalue weighted by Gasteiger charge is -2.32. The van der Waals surface area contributed by atoms with Gasteiger partial charge in [0, 0.05) is 31.1 Å². The fourth-order valence-electron chi connectivity index (χ4n) is 8.29. The van der Waals surface area contributed by atoms with E-state index in [1.165, 1.54) is 18.2 Å². The quantitative estimate of drug-likeness (QED) is 0.274. The van der Waals surface area contributed by atoms with E-state index in [4.69, 9.17) is 19.4 Å². The summed E-state index contributed by atoms with van der Waals surface area (Å²) in [7, 11) is 0. The first kappa shape index (κ1) is 29.6. The number of aliphatic hydroxyl groups excluding tert-OH is 1. The number of phenols is 1. The Morgan fingerprint density at radius 2 is 1.96 bits per heavy atom. The van der Waals surface area contributed by atoms with Crippen LogP contribution in [0.15, 0.2) is 30.3 Å². The molecule has 0 aliphatic carbocycles. The zero-order chi connectivity index (χ0) is 31.7. The highest BCUT2D eigenvalue weighted by Gasteiger charge is 2.49. The molecule has 4 aliphatic heterocycles. The number of aromatic hydroxyl groups is 1. The molecule has 0 amide bonds. The minimum atomic E-state index is -0.914. The molecule has 8 rings (SSSR count). The number of aliphatic hydroxyl groups is 1. The molecule has 4 atom stereocenters. The molecule has 4 aromatic rings. The van der Waals surface area contributed by atoms with E-state index in [1.54, 1.807) is 12.1 Å². The summed E-state index contributed by atoms with van der Waals surface area (Å²) < 4.78 is 59.3. The third-order valence-electron chi connectivity index (χ3n) is 10.5. The Balaban J connectivity index is 1.33. The van der Waals surface area contributed by atoms with E-state index in [-0.39, 0.29) is 53.5 Å². The molecule has 3 saturated heterocycles. The van der Waals surface area contributed by atoms with Crippen molar-refractivity contribution in [1.82, 2.24) is 14.9 Å². The van der Waals surface area contributed by atoms with Gasteiger partial charge in [0.2, 0.25) is 11.8 Å². The SMILES string of the molecule is CCc1c(F)ccc2cc(O)cc(-c3nc4c5c(cc(OC[C@@]67CCCN6C[C@H](F)C7)nc5c3F)N3CCC(O)CC[C@H]3CO4)c12. The minimum absolute atomic E-state index is 0.0144. The Labute approximate surface area is 264 Å². The molecule has 2 aromatic heterocycles. The number of benzene rings is 2. The lowest BCUT2D eigenvalue weighted by Crippen LogP contribution is -2.43. The van der Waals surface area contributed by atoms with Crippen molar-refractivity contribution in [3.63, 3.8) is 0 Å². The number of nitrogens with zero attached hydrogens (tertiary/aromatic N) is 4. The lowest BCUT2D eigenvalue weighted by molar-refractivity contribution is 0.111. The van der Waals surface area contributed by atoms with E-state index in [0.29, 0.717) is 72.6 Å². The predicted octanol–water partition coefficient (Wildman–Crippen LogP) is 6.06. The number of aromatic nitrogens is 2. The van der Waals surface area contributed by atoms with E-state index in [0.717, 1.165) is 19.4 Å². The molecule has 0 spiro atoms. The molecule has 1 unspecified atom stereocenters. The number of rotatable bonds is 5. The van der Waals surface area contributed by atoms with Gasteiger partial charge in [-0.05, 0) is 79.6 Å². The number of aryl methyl sites for hydroxylation is 1. The zero-order valence-corrected chi connectivity index (χ0v) is 25.7. The van der Waals surface area contributed by atoms with Crippen LogP contribution in [0.1, 0.15) is 51.0 Å². The van der Waals surface area contributed by atoms with Crippen LogP contribution >= 0.6 is 0 Å². The highest BCUT2D eigenvalue weighted by Crippen LogP contribution is 2.46. The summed E-state index contributed by atoms with van der Waals surface area (Å²) in [6, 6.07) is 7.52. The van der Waals surface area contributed by atoms with Gasteiger partial charge in [0.05, 0.1) is 28.8 Å². The van der Waals surface area contributed by atoms with Crippen LogP contribution in [-0.2, 0) is 6.42 Å². The van der Waals surface area contributed by atoms with Crippen molar-refractivity contribution in [2.24, 2.45) is 0 Å². The molecule has 0 saturated carbocycles. The van der Waals surface area contributed by atoms with Gasteiger partial charge >= 0.3 is 0 Å². The summed E-state index contributed by atoms with van der Waals surface area (Å²) in [6.07, 6.45) is 2.97. The third-order valence-corrected chi connectivity index (χ3v) is 10.5. The molecule has 242 valence electrons. The zero-order valence-electron chi connectivity index (χ0n) is 25.7. The monoisotopic (exact) mass is 634 g/mol. The second-order valence-electron chi connectivity index (χ2n) is 13.3. The van der Waals surface area contributed by atoms with Crippen LogP contribution in [0, 0.1) is 11.6 Å². The van der Waals surface area contributed by atoms with E-state index >= 15 is 8.78 Å². The number of phenolic OH excluding ortho intramolecular Hbond substituents is 1. The van der Waals surface area contributed by atoms with Crippen LogP contribution in [0.3, 0.4) is 0 Å². The number of alkyl halides is 1. The van der Waals surface area contributed by atoms with Gasteiger partial charge in [-0.25, -0.2) is 23.1 Å². The first-order valence-electron chi connectivity index (χ1n) is 16.3. The Morgan fingerprint density at radius 1 is 1.09 bits per heavy atom. The Hall–Kier alpha value is -3.83. The fraction of sp³-hybridized carbons (Fsp3) is 0.486. The van der Waals surface area contributed by atoms with Crippen LogP contribution in [-0.4, -0.2) is 81.8 Å². The van der Waals surface area contributed by atoms with Crippen molar-refractivity contribution in [1.29, 1.82) is 0 Å². The standard InChI is InChI=1S/C35H37F3N4O4/c1-2-24-26(37)7-4-19-12-23(44)13-25(29(19)24)32-31(38)33-30-27(42-11-8-22(43)6-5-21(42)17-45-34(30)40-32)14-28(39-33)46-18-35-9-3-10-41(35)16-20(36)15-35/h4,7,12-14,20-22,43-44H,2-3,5-6,8-11,15-18H2,1H3/t20-,21+,22?,35+/m1/s1. The van der Waals surface area contributed by atoms with Gasteiger partial charge in [0.15, 0.2) is 5.82 Å². The number of hydrogen-bond donors (Lipinski definition) is 2. The molecule has 2 N–H and O–H groups in total. The number of hydrogen-bond acceptors (Lipinski definition) is 8. The second-order valence-corrected chi connectivity index (χ2v) is 13.3. The van der Waals surface area contributed by atoms with Gasteiger partial charge in [-0.3, -0.25) is 4.90 Å². The molecule has 3 fully saturated rings. The Kier molecular flexibility index (Phi) is 7.17. The molecule has 4 aliphatic rings. The van der Waals surface area contributed by atoms with E-state index in [2.05, 4.69) is 9.80 Å². The van der Waals surface area contributed by atoms with Gasteiger partial charge in [-0.1, -0.05) is 13.0 Å². The largest absolute Gasteiger partial charge is 0.508 e. The van der Waals surface area contributed by atoms with Gasteiger partial charge in [0.1, 0.15) is 42.2 Å². The fourth-order valence-corrected chi connectivity index (χ4v) is 8.29. The van der Waals surface area contributed by atoms with Crippen molar-refractivity contribution >= 4 is 27.4 Å². The molecule has 0 radical (unpaired) electrons. The summed E-state index contributed by atoms with van der Waals surface area (Å²) in [5.41, 5.74) is 0.740. The molecular weight excluding hydrogens is 597 g/mol. The Bertz CT molecular complexity index is 1860. The Morgan fingerprint density at radius 3 is 2.80 bits per heavy atom. The smallest absolute Gasteiger partial charge is 0.225 e. The number of pyridine rings is 2. The second kappa shape index (κ2) is 11.2. The van der Waals surface area contributed by atoms with Gasteiger partial charge in [-0.2, -0.15) is 0 Å². The summed E-state index contributed by atoms with van der Waals surface area (Å²) in [5.74, 6) is -0.876. The maximum Gasteiger partial charge on any atom is 0.225 e. The average Bonchev–Trinajstić information content (AvgIpc) is 3.43. The topological polar surface area (TPSA) is 91.2 Å². The highest BCUT2D eigenvalue weighted by atomic mass is 19.1. The summed E-state index contributed by atoms with van der Waals surface area (Å²) >= 11 is 0.